The van der Waals surface area contributed by atoms with Gasteiger partial charge in [-0.3, -0.25) is 9.59 Å². The minimum Gasteiger partial charge on any atom is -0.490 e. The van der Waals surface area contributed by atoms with Crippen LogP contribution >= 0.6 is 27.5 Å². The van der Waals surface area contributed by atoms with Gasteiger partial charge in [0.05, 0.1) is 17.7 Å². The number of Topliss-reactive ketones (excluding diaryl/α,β-unsaturated/α-hetero) is 2. The van der Waals surface area contributed by atoms with Crippen molar-refractivity contribution in [3.63, 3.8) is 0 Å². The molecule has 5 rings (SSSR count). The molecule has 2 aromatic rings. The van der Waals surface area contributed by atoms with Crippen LogP contribution in [0.25, 0.3) is 0 Å². The Morgan fingerprint density at radius 1 is 0.949 bits per heavy atom. The van der Waals surface area contributed by atoms with E-state index in [4.69, 9.17) is 25.8 Å². The molecule has 0 radical (unpaired) electrons. The Kier molecular flexibility index (Phi) is 8.79. The van der Waals surface area contributed by atoms with Crippen molar-refractivity contribution in [1.82, 2.24) is 4.90 Å². The minimum atomic E-state index is -0.421. The number of hydrogen-bond donors (Lipinski definition) is 0. The smallest absolute Gasteiger partial charge is 0.175 e. The van der Waals surface area contributed by atoms with Gasteiger partial charge in [-0.2, -0.15) is 0 Å². The van der Waals surface area contributed by atoms with Crippen LogP contribution < -0.4 is 9.47 Å². The van der Waals surface area contributed by atoms with Crippen molar-refractivity contribution >= 4 is 39.1 Å². The van der Waals surface area contributed by atoms with E-state index in [9.17, 15) is 9.59 Å². The summed E-state index contributed by atoms with van der Waals surface area (Å²) in [6.07, 6.45) is 4.24. The van der Waals surface area contributed by atoms with Crippen molar-refractivity contribution in [3.05, 3.63) is 79.6 Å². The first kappa shape index (κ1) is 27.9. The fourth-order valence-electron chi connectivity index (χ4n) is 5.90. The molecular formula is C31H33BrClNO5. The topological polar surface area (TPSA) is 65.1 Å². The summed E-state index contributed by atoms with van der Waals surface area (Å²) in [7, 11) is 1.68. The predicted octanol–water partition coefficient (Wildman–Crippen LogP) is 7.14. The zero-order valence-corrected chi connectivity index (χ0v) is 24.7. The maximum absolute atomic E-state index is 13.5. The third kappa shape index (κ3) is 5.67. The molecule has 0 fully saturated rings. The molecule has 0 atom stereocenters. The van der Waals surface area contributed by atoms with E-state index >= 15 is 0 Å². The zero-order chi connectivity index (χ0) is 27.5. The van der Waals surface area contributed by atoms with Crippen LogP contribution in [0.15, 0.2) is 63.4 Å². The van der Waals surface area contributed by atoms with Gasteiger partial charge in [0.25, 0.3) is 0 Å². The number of halogens is 2. The summed E-state index contributed by atoms with van der Waals surface area (Å²) < 4.78 is 18.4. The van der Waals surface area contributed by atoms with Gasteiger partial charge in [-0.05, 0) is 83.9 Å². The molecule has 0 N–H and O–H groups in total. The first-order valence-electron chi connectivity index (χ1n) is 13.5. The van der Waals surface area contributed by atoms with Crippen LogP contribution in [0.5, 0.6) is 11.5 Å². The van der Waals surface area contributed by atoms with E-state index < -0.39 is 5.92 Å². The number of hydrogen-bond acceptors (Lipinski definition) is 6. The largest absolute Gasteiger partial charge is 0.490 e. The lowest BCUT2D eigenvalue weighted by Crippen LogP contribution is -2.40. The lowest BCUT2D eigenvalue weighted by molar-refractivity contribution is -0.117. The van der Waals surface area contributed by atoms with Crippen LogP contribution in [0.1, 0.15) is 62.5 Å². The number of nitrogens with zero attached hydrogens (tertiary/aromatic N) is 1. The molecule has 0 saturated carbocycles. The van der Waals surface area contributed by atoms with Gasteiger partial charge in [-0.25, -0.2) is 0 Å². The van der Waals surface area contributed by atoms with E-state index in [0.717, 1.165) is 63.8 Å². The molecular weight excluding hydrogens is 582 g/mol. The molecule has 1 heterocycles. The van der Waals surface area contributed by atoms with Crippen LogP contribution in [-0.2, 0) is 20.9 Å². The number of benzene rings is 2. The lowest BCUT2D eigenvalue weighted by Gasteiger charge is -2.44. The fourth-order valence-corrected chi connectivity index (χ4v) is 6.60. The highest BCUT2D eigenvalue weighted by molar-refractivity contribution is 9.10. The number of ether oxygens (including phenoxy) is 3. The van der Waals surface area contributed by atoms with Gasteiger partial charge in [0.2, 0.25) is 0 Å². The van der Waals surface area contributed by atoms with Crippen molar-refractivity contribution in [2.45, 2.75) is 58.0 Å². The van der Waals surface area contributed by atoms with E-state index in [-0.39, 0.29) is 11.6 Å². The van der Waals surface area contributed by atoms with Gasteiger partial charge in [0.1, 0.15) is 6.61 Å². The lowest BCUT2D eigenvalue weighted by atomic mass is 9.71. The Hall–Kier alpha value is -2.61. The van der Waals surface area contributed by atoms with Crippen LogP contribution in [0.4, 0.5) is 0 Å². The van der Waals surface area contributed by atoms with E-state index in [0.29, 0.717) is 55.7 Å². The molecule has 0 aromatic heterocycles. The molecule has 0 bridgehead atoms. The molecule has 206 valence electrons. The summed E-state index contributed by atoms with van der Waals surface area (Å²) in [5.74, 6) is 0.974. The van der Waals surface area contributed by atoms with E-state index in [1.807, 2.05) is 43.3 Å². The Balaban J connectivity index is 1.60. The Morgan fingerprint density at radius 3 is 2.18 bits per heavy atom. The van der Waals surface area contributed by atoms with Crippen molar-refractivity contribution in [3.8, 4) is 11.5 Å². The third-order valence-electron chi connectivity index (χ3n) is 7.57. The molecule has 0 spiro atoms. The molecule has 3 aliphatic rings. The van der Waals surface area contributed by atoms with Gasteiger partial charge < -0.3 is 19.1 Å². The normalized spacial score (nSPS) is 17.9. The molecule has 39 heavy (non-hydrogen) atoms. The van der Waals surface area contributed by atoms with Gasteiger partial charge in [-0.1, -0.05) is 23.7 Å². The van der Waals surface area contributed by atoms with Crippen LogP contribution in [-0.4, -0.2) is 43.3 Å². The van der Waals surface area contributed by atoms with Gasteiger partial charge in [0, 0.05) is 60.0 Å². The molecule has 2 aromatic carbocycles. The number of methoxy groups -OCH3 is 1. The minimum absolute atomic E-state index is 0.116. The average molecular weight is 615 g/mol. The summed E-state index contributed by atoms with van der Waals surface area (Å²) in [4.78, 5) is 29.3. The highest BCUT2D eigenvalue weighted by Gasteiger charge is 2.43. The Labute approximate surface area is 243 Å². The molecule has 0 saturated heterocycles. The fraction of sp³-hybridized carbons (Fsp3) is 0.419. The standard InChI is InChI=1S/C31H33BrClNO5/c1-3-38-27-17-20(16-22(32)31(27)39-18-19-10-12-21(33)13-11-19)28-29-23(6-4-8-25(29)35)34(14-15-37-2)24-7-5-9-26(36)30(24)28/h10-13,16-17,28H,3-9,14-15,18H2,1-2H3. The van der Waals surface area contributed by atoms with Crippen LogP contribution in [0.3, 0.4) is 0 Å². The summed E-state index contributed by atoms with van der Waals surface area (Å²) in [6, 6.07) is 11.4. The number of allylic oxidation sites excluding steroid dienone is 4. The summed E-state index contributed by atoms with van der Waals surface area (Å²) in [6.45, 7) is 3.87. The Morgan fingerprint density at radius 2 is 1.59 bits per heavy atom. The molecule has 2 aliphatic carbocycles. The number of carbonyl (C=O) groups is 2. The molecule has 0 amide bonds. The summed E-state index contributed by atoms with van der Waals surface area (Å²) in [5.41, 5.74) is 5.41. The Bertz CT molecular complexity index is 1290. The average Bonchev–Trinajstić information content (AvgIpc) is 2.92. The molecule has 1 aliphatic heterocycles. The van der Waals surface area contributed by atoms with Crippen LogP contribution in [0.2, 0.25) is 5.02 Å². The second kappa shape index (κ2) is 12.3. The number of carbonyl (C=O) groups excluding carboxylic acids is 2. The van der Waals surface area contributed by atoms with Gasteiger partial charge in [0.15, 0.2) is 23.1 Å². The molecule has 8 heteroatoms. The maximum Gasteiger partial charge on any atom is 0.175 e. The molecule has 6 nitrogen and oxygen atoms in total. The highest BCUT2D eigenvalue weighted by atomic mass is 79.9. The van der Waals surface area contributed by atoms with Crippen molar-refractivity contribution < 1.29 is 23.8 Å². The van der Waals surface area contributed by atoms with Crippen LogP contribution in [0, 0.1) is 0 Å². The highest BCUT2D eigenvalue weighted by Crippen LogP contribution is 2.51. The second-order valence-electron chi connectivity index (χ2n) is 10.0. The first-order valence-corrected chi connectivity index (χ1v) is 14.7. The predicted molar refractivity (Wildman–Crippen MR) is 154 cm³/mol. The van der Waals surface area contributed by atoms with E-state index in [1.54, 1.807) is 7.11 Å². The van der Waals surface area contributed by atoms with Crippen molar-refractivity contribution in [2.75, 3.05) is 26.9 Å². The van der Waals surface area contributed by atoms with Gasteiger partial charge in [-0.15, -0.1) is 0 Å². The van der Waals surface area contributed by atoms with Crippen molar-refractivity contribution in [2.24, 2.45) is 0 Å². The molecule has 0 unspecified atom stereocenters. The number of rotatable bonds is 9. The zero-order valence-electron chi connectivity index (χ0n) is 22.4. The van der Waals surface area contributed by atoms with Gasteiger partial charge >= 0.3 is 0 Å². The summed E-state index contributed by atoms with van der Waals surface area (Å²) >= 11 is 9.75. The van der Waals surface area contributed by atoms with E-state index in [2.05, 4.69) is 20.8 Å². The van der Waals surface area contributed by atoms with E-state index in [1.165, 1.54) is 0 Å². The SMILES string of the molecule is CCOc1cc(C2C3=C(CCCC3=O)N(CCOC)C3=C2C(=O)CCC3)cc(Br)c1OCc1ccc(Cl)cc1. The third-order valence-corrected chi connectivity index (χ3v) is 8.41. The monoisotopic (exact) mass is 613 g/mol. The second-order valence-corrected chi connectivity index (χ2v) is 11.3. The quantitative estimate of drug-likeness (QED) is 0.299. The summed E-state index contributed by atoms with van der Waals surface area (Å²) in [5, 5.41) is 0.671. The maximum atomic E-state index is 13.5. The number of ketones is 2. The first-order chi connectivity index (χ1) is 18.9. The van der Waals surface area contributed by atoms with Crippen molar-refractivity contribution in [1.29, 1.82) is 0 Å².